The van der Waals surface area contributed by atoms with E-state index < -0.39 is 0 Å². The topological polar surface area (TPSA) is 44.0 Å². The van der Waals surface area contributed by atoms with E-state index in [2.05, 4.69) is 26.0 Å². The van der Waals surface area contributed by atoms with E-state index in [1.807, 2.05) is 0 Å². The Bertz CT molecular complexity index is 341. The van der Waals surface area contributed by atoms with Gasteiger partial charge in [0.05, 0.1) is 12.2 Å². The van der Waals surface area contributed by atoms with Gasteiger partial charge in [0.25, 0.3) is 0 Å². The first-order valence-corrected chi connectivity index (χ1v) is 6.35. The zero-order valence-electron chi connectivity index (χ0n) is 10.2. The fourth-order valence-electron chi connectivity index (χ4n) is 3.76. The van der Waals surface area contributed by atoms with Gasteiger partial charge >= 0.3 is 0 Å². The summed E-state index contributed by atoms with van der Waals surface area (Å²) in [6.07, 6.45) is 7.00. The van der Waals surface area contributed by atoms with Crippen molar-refractivity contribution in [2.75, 3.05) is 0 Å². The van der Waals surface area contributed by atoms with Gasteiger partial charge in [-0.25, -0.2) is 0 Å². The van der Waals surface area contributed by atoms with Crippen LogP contribution in [0.15, 0.2) is 11.6 Å². The first-order chi connectivity index (χ1) is 7.59. The van der Waals surface area contributed by atoms with Crippen LogP contribution in [0.4, 0.5) is 0 Å². The minimum Gasteiger partial charge on any atom is -0.393 e. The van der Waals surface area contributed by atoms with E-state index in [9.17, 15) is 5.11 Å². The second-order valence-electron chi connectivity index (χ2n) is 5.64. The Kier molecular flexibility index (Phi) is 3.08. The SMILES string of the molecule is CC(CC#N)C1=CC[C@H]2[C@@H](O)CCC[C@]12C. The maximum absolute atomic E-state index is 10.1. The van der Waals surface area contributed by atoms with Gasteiger partial charge in [-0.2, -0.15) is 5.26 Å². The molecule has 0 aromatic heterocycles. The number of aliphatic hydroxyl groups is 1. The van der Waals surface area contributed by atoms with Crippen molar-refractivity contribution in [2.24, 2.45) is 17.3 Å². The predicted octanol–water partition coefficient (Wildman–Crippen LogP) is 3.03. The summed E-state index contributed by atoms with van der Waals surface area (Å²) in [4.78, 5) is 0. The van der Waals surface area contributed by atoms with Gasteiger partial charge in [0.1, 0.15) is 0 Å². The van der Waals surface area contributed by atoms with Crippen LogP contribution in [-0.4, -0.2) is 11.2 Å². The number of fused-ring (bicyclic) bond motifs is 1. The van der Waals surface area contributed by atoms with Crippen molar-refractivity contribution in [2.45, 2.75) is 52.1 Å². The Labute approximate surface area is 98.0 Å². The van der Waals surface area contributed by atoms with E-state index in [0.29, 0.717) is 18.3 Å². The van der Waals surface area contributed by atoms with Crippen LogP contribution in [0.1, 0.15) is 46.0 Å². The summed E-state index contributed by atoms with van der Waals surface area (Å²) in [5.74, 6) is 0.752. The van der Waals surface area contributed by atoms with Crippen molar-refractivity contribution >= 4 is 0 Å². The second-order valence-corrected chi connectivity index (χ2v) is 5.64. The highest BCUT2D eigenvalue weighted by Crippen LogP contribution is 2.54. The van der Waals surface area contributed by atoms with E-state index in [-0.39, 0.29) is 11.5 Å². The molecule has 2 nitrogen and oxygen atoms in total. The molecule has 1 unspecified atom stereocenters. The lowest BCUT2D eigenvalue weighted by Crippen LogP contribution is -2.39. The number of aliphatic hydroxyl groups excluding tert-OH is 1. The van der Waals surface area contributed by atoms with Crippen molar-refractivity contribution in [1.29, 1.82) is 5.26 Å². The monoisotopic (exact) mass is 219 g/mol. The van der Waals surface area contributed by atoms with Gasteiger partial charge < -0.3 is 5.11 Å². The van der Waals surface area contributed by atoms with Crippen molar-refractivity contribution < 1.29 is 5.11 Å². The lowest BCUT2D eigenvalue weighted by Gasteiger charge is -2.43. The van der Waals surface area contributed by atoms with Gasteiger partial charge in [0.2, 0.25) is 0 Å². The van der Waals surface area contributed by atoms with Crippen LogP contribution in [0.5, 0.6) is 0 Å². The molecule has 1 saturated carbocycles. The second kappa shape index (κ2) is 4.22. The average Bonchev–Trinajstić information content (AvgIpc) is 2.57. The Hall–Kier alpha value is -0.810. The molecule has 0 amide bonds. The summed E-state index contributed by atoms with van der Waals surface area (Å²) in [7, 11) is 0. The maximum Gasteiger partial charge on any atom is 0.0627 e. The van der Waals surface area contributed by atoms with Gasteiger partial charge in [-0.15, -0.1) is 0 Å². The van der Waals surface area contributed by atoms with Crippen molar-refractivity contribution in [1.82, 2.24) is 0 Å². The number of nitriles is 1. The molecule has 1 fully saturated rings. The third kappa shape index (κ3) is 1.68. The van der Waals surface area contributed by atoms with Crippen LogP contribution >= 0.6 is 0 Å². The molecule has 2 aliphatic rings. The Morgan fingerprint density at radius 1 is 1.69 bits per heavy atom. The molecular formula is C14H21NO. The predicted molar refractivity (Wildman–Crippen MR) is 63.5 cm³/mol. The van der Waals surface area contributed by atoms with Gasteiger partial charge in [-0.05, 0) is 42.9 Å². The van der Waals surface area contributed by atoms with Crippen LogP contribution in [-0.2, 0) is 0 Å². The third-order valence-corrected chi connectivity index (χ3v) is 4.66. The molecule has 0 aromatic carbocycles. The first-order valence-electron chi connectivity index (χ1n) is 6.35. The summed E-state index contributed by atoms with van der Waals surface area (Å²) >= 11 is 0. The normalized spacial score (nSPS) is 39.8. The molecule has 0 heterocycles. The van der Waals surface area contributed by atoms with Crippen LogP contribution in [0.25, 0.3) is 0 Å². The Morgan fingerprint density at radius 3 is 3.12 bits per heavy atom. The number of rotatable bonds is 2. The summed E-state index contributed by atoms with van der Waals surface area (Å²) in [6, 6.07) is 2.26. The van der Waals surface area contributed by atoms with E-state index in [1.54, 1.807) is 0 Å². The van der Waals surface area contributed by atoms with E-state index in [1.165, 1.54) is 12.0 Å². The minimum atomic E-state index is -0.137. The zero-order chi connectivity index (χ0) is 11.8. The molecule has 0 bridgehead atoms. The van der Waals surface area contributed by atoms with Crippen LogP contribution < -0.4 is 0 Å². The molecule has 0 spiro atoms. The van der Waals surface area contributed by atoms with E-state index in [4.69, 9.17) is 5.26 Å². The third-order valence-electron chi connectivity index (χ3n) is 4.66. The highest BCUT2D eigenvalue weighted by molar-refractivity contribution is 5.26. The summed E-state index contributed by atoms with van der Waals surface area (Å²) < 4.78 is 0. The van der Waals surface area contributed by atoms with Gasteiger partial charge in [-0.3, -0.25) is 0 Å². The molecule has 4 atom stereocenters. The molecule has 88 valence electrons. The van der Waals surface area contributed by atoms with Gasteiger partial charge in [0.15, 0.2) is 0 Å². The number of nitrogens with zero attached hydrogens (tertiary/aromatic N) is 1. The Morgan fingerprint density at radius 2 is 2.44 bits per heavy atom. The van der Waals surface area contributed by atoms with E-state index >= 15 is 0 Å². The summed E-state index contributed by atoms with van der Waals surface area (Å²) in [5, 5.41) is 18.9. The smallest absolute Gasteiger partial charge is 0.0627 e. The van der Waals surface area contributed by atoms with Crippen LogP contribution in [0.3, 0.4) is 0 Å². The van der Waals surface area contributed by atoms with E-state index in [0.717, 1.165) is 19.3 Å². The summed E-state index contributed by atoms with van der Waals surface area (Å²) in [6.45, 7) is 4.43. The fourth-order valence-corrected chi connectivity index (χ4v) is 3.76. The zero-order valence-corrected chi connectivity index (χ0v) is 10.2. The molecule has 1 N–H and O–H groups in total. The molecule has 2 heteroatoms. The van der Waals surface area contributed by atoms with Gasteiger partial charge in [0, 0.05) is 6.42 Å². The van der Waals surface area contributed by atoms with Crippen LogP contribution in [0, 0.1) is 28.6 Å². The highest BCUT2D eigenvalue weighted by atomic mass is 16.3. The molecule has 0 aliphatic heterocycles. The standard InChI is InChI=1S/C14H21NO/c1-10(7-9-15)11-5-6-12-13(16)4-3-8-14(11,12)2/h5,10,12-13,16H,3-4,6-8H2,1-2H3/t10?,12-,13-,14+/m0/s1. The molecule has 2 rings (SSSR count). The average molecular weight is 219 g/mol. The molecule has 2 aliphatic carbocycles. The molecule has 0 radical (unpaired) electrons. The number of hydrogen-bond acceptors (Lipinski definition) is 2. The number of hydrogen-bond donors (Lipinski definition) is 1. The fraction of sp³-hybridized carbons (Fsp3) is 0.786. The number of allylic oxidation sites excluding steroid dienone is 2. The minimum absolute atomic E-state index is 0.137. The van der Waals surface area contributed by atoms with Crippen molar-refractivity contribution in [3.63, 3.8) is 0 Å². The Balaban J connectivity index is 2.20. The summed E-state index contributed by atoms with van der Waals surface area (Å²) in [5.41, 5.74) is 1.59. The molecule has 16 heavy (non-hydrogen) atoms. The molecule has 0 aromatic rings. The van der Waals surface area contributed by atoms with Gasteiger partial charge in [-0.1, -0.05) is 25.5 Å². The maximum atomic E-state index is 10.1. The highest BCUT2D eigenvalue weighted by Gasteiger charge is 2.47. The quantitative estimate of drug-likeness (QED) is 0.725. The molecular weight excluding hydrogens is 198 g/mol. The van der Waals surface area contributed by atoms with Crippen molar-refractivity contribution in [3.8, 4) is 6.07 Å². The first kappa shape index (κ1) is 11.7. The van der Waals surface area contributed by atoms with Crippen LogP contribution in [0.2, 0.25) is 0 Å². The lowest BCUT2D eigenvalue weighted by molar-refractivity contribution is 0.00808. The molecule has 0 saturated heterocycles. The largest absolute Gasteiger partial charge is 0.393 e. The van der Waals surface area contributed by atoms with Crippen molar-refractivity contribution in [3.05, 3.63) is 11.6 Å². The lowest BCUT2D eigenvalue weighted by atomic mass is 9.63.